The number of hydrogen-bond acceptors (Lipinski definition) is 5. The van der Waals surface area contributed by atoms with Gasteiger partial charge >= 0.3 is 0 Å². The number of nitro groups is 1. The van der Waals surface area contributed by atoms with Crippen molar-refractivity contribution in [3.05, 3.63) is 70.3 Å². The lowest BCUT2D eigenvalue weighted by Crippen LogP contribution is -2.48. The van der Waals surface area contributed by atoms with E-state index < -0.39 is 11.0 Å². The maximum absolute atomic E-state index is 12.4. The minimum atomic E-state index is -0.720. The van der Waals surface area contributed by atoms with E-state index in [1.165, 1.54) is 30.8 Å². The van der Waals surface area contributed by atoms with Crippen molar-refractivity contribution >= 4 is 29.3 Å². The Hall–Kier alpha value is -2.87. The number of nitro benzene ring substituents is 1. The Bertz CT molecular complexity index is 799. The van der Waals surface area contributed by atoms with Gasteiger partial charge in [0.05, 0.1) is 4.92 Å². The van der Waals surface area contributed by atoms with Gasteiger partial charge in [-0.25, -0.2) is 0 Å². The zero-order valence-electron chi connectivity index (χ0n) is 14.9. The molecule has 2 rings (SSSR count). The van der Waals surface area contributed by atoms with Gasteiger partial charge in [-0.3, -0.25) is 19.7 Å². The summed E-state index contributed by atoms with van der Waals surface area (Å²) in [6.45, 7) is 1.81. The summed E-state index contributed by atoms with van der Waals surface area (Å²) in [4.78, 5) is 34.9. The molecule has 8 heteroatoms. The van der Waals surface area contributed by atoms with Gasteiger partial charge in [0.25, 0.3) is 5.69 Å². The lowest BCUT2D eigenvalue weighted by Gasteiger charge is -2.17. The summed E-state index contributed by atoms with van der Waals surface area (Å²) < 4.78 is 0. The Morgan fingerprint density at radius 2 is 1.89 bits per heavy atom. The van der Waals surface area contributed by atoms with Crippen molar-refractivity contribution in [3.8, 4) is 0 Å². The smallest absolute Gasteiger partial charge is 0.270 e. The Morgan fingerprint density at radius 3 is 2.56 bits per heavy atom. The van der Waals surface area contributed by atoms with Crippen molar-refractivity contribution in [2.45, 2.75) is 24.3 Å². The number of nitrogens with zero attached hydrogens (tertiary/aromatic N) is 1. The summed E-state index contributed by atoms with van der Waals surface area (Å²) in [5.74, 6) is -0.310. The minimum absolute atomic E-state index is 0.0108. The van der Waals surface area contributed by atoms with Gasteiger partial charge in [0.15, 0.2) is 0 Å². The highest BCUT2D eigenvalue weighted by Gasteiger charge is 2.20. The molecule has 7 nitrogen and oxygen atoms in total. The van der Waals surface area contributed by atoms with E-state index >= 15 is 0 Å². The van der Waals surface area contributed by atoms with Crippen LogP contribution in [0.15, 0.2) is 59.5 Å². The summed E-state index contributed by atoms with van der Waals surface area (Å²) in [6.07, 6.45) is 0.692. The monoisotopic (exact) mass is 387 g/mol. The molecule has 0 saturated heterocycles. The van der Waals surface area contributed by atoms with E-state index in [4.69, 9.17) is 0 Å². The molecule has 1 atom stereocenters. The van der Waals surface area contributed by atoms with Crippen LogP contribution in [0.4, 0.5) is 5.69 Å². The van der Waals surface area contributed by atoms with E-state index in [-0.39, 0.29) is 23.3 Å². The number of rotatable bonds is 9. The second kappa shape index (κ2) is 10.3. The number of carbonyl (C=O) groups is 2. The molecular formula is C19H21N3O4S. The lowest BCUT2D eigenvalue weighted by atomic mass is 10.1. The van der Waals surface area contributed by atoms with Gasteiger partial charge in [0, 0.05) is 36.2 Å². The molecule has 0 heterocycles. The molecule has 0 aliphatic heterocycles. The second-order valence-electron chi connectivity index (χ2n) is 5.85. The molecule has 0 spiro atoms. The molecule has 0 fully saturated rings. The maximum atomic E-state index is 12.4. The number of carbonyl (C=O) groups excluding carboxylic acids is 2. The number of hydrogen-bond donors (Lipinski definition) is 2. The molecule has 27 heavy (non-hydrogen) atoms. The van der Waals surface area contributed by atoms with E-state index in [1.54, 1.807) is 12.1 Å². The quantitative estimate of drug-likeness (QED) is 0.391. The van der Waals surface area contributed by atoms with Crippen LogP contribution in [-0.4, -0.2) is 35.1 Å². The van der Waals surface area contributed by atoms with Crippen LogP contribution in [0.3, 0.4) is 0 Å². The van der Waals surface area contributed by atoms with Crippen molar-refractivity contribution in [1.29, 1.82) is 0 Å². The number of nitrogens with one attached hydrogen (secondary N) is 2. The van der Waals surface area contributed by atoms with Gasteiger partial charge in [-0.1, -0.05) is 36.4 Å². The fourth-order valence-electron chi connectivity index (χ4n) is 2.39. The average Bonchev–Trinajstić information content (AvgIpc) is 2.65. The molecule has 0 aliphatic rings. The summed E-state index contributed by atoms with van der Waals surface area (Å²) >= 11 is 1.28. The average molecular weight is 387 g/mol. The Labute approximate surface area is 161 Å². The van der Waals surface area contributed by atoms with Gasteiger partial charge in [-0.05, 0) is 18.1 Å². The highest BCUT2D eigenvalue weighted by atomic mass is 32.2. The van der Waals surface area contributed by atoms with Gasteiger partial charge in [-0.2, -0.15) is 0 Å². The van der Waals surface area contributed by atoms with Crippen molar-refractivity contribution in [2.75, 3.05) is 12.3 Å². The minimum Gasteiger partial charge on any atom is -0.354 e. The number of benzene rings is 2. The third-order valence-corrected chi connectivity index (χ3v) is 4.78. The third kappa shape index (κ3) is 7.10. The van der Waals surface area contributed by atoms with Gasteiger partial charge in [0.1, 0.15) is 6.04 Å². The third-order valence-electron chi connectivity index (χ3n) is 3.69. The maximum Gasteiger partial charge on any atom is 0.270 e. The predicted molar refractivity (Wildman–Crippen MR) is 105 cm³/mol. The molecule has 2 aromatic carbocycles. The van der Waals surface area contributed by atoms with E-state index in [9.17, 15) is 19.7 Å². The molecule has 0 bridgehead atoms. The summed E-state index contributed by atoms with van der Waals surface area (Å²) in [5, 5.41) is 16.3. The Morgan fingerprint density at radius 1 is 1.15 bits per heavy atom. The van der Waals surface area contributed by atoms with Crippen molar-refractivity contribution in [1.82, 2.24) is 10.6 Å². The molecule has 2 amide bonds. The Kier molecular flexibility index (Phi) is 7.81. The first kappa shape index (κ1) is 20.4. The van der Waals surface area contributed by atoms with Crippen LogP contribution in [0.25, 0.3) is 0 Å². The molecule has 0 radical (unpaired) electrons. The SMILES string of the molecule is CC(=O)NC(CSc1cccc([N+](=O)[O-])c1)C(=O)NCCc1ccccc1. The number of amides is 2. The Balaban J connectivity index is 1.91. The highest BCUT2D eigenvalue weighted by Crippen LogP contribution is 2.23. The predicted octanol–water partition coefficient (Wildman–Crippen LogP) is 2.55. The summed E-state index contributed by atoms with van der Waals surface area (Å²) in [6, 6.07) is 15.2. The van der Waals surface area contributed by atoms with Crippen molar-refractivity contribution < 1.29 is 14.5 Å². The van der Waals surface area contributed by atoms with Crippen molar-refractivity contribution in [2.24, 2.45) is 0 Å². The standard InChI is InChI=1S/C19H21N3O4S/c1-14(23)21-18(13-27-17-9-5-8-16(12-17)22(25)26)19(24)20-11-10-15-6-3-2-4-7-15/h2-9,12,18H,10-11,13H2,1H3,(H,20,24)(H,21,23). The van der Waals surface area contributed by atoms with E-state index in [2.05, 4.69) is 10.6 Å². The first-order chi connectivity index (χ1) is 13.0. The van der Waals surface area contributed by atoms with Crippen LogP contribution in [0.2, 0.25) is 0 Å². The van der Waals surface area contributed by atoms with Crippen LogP contribution in [0.5, 0.6) is 0 Å². The first-order valence-corrected chi connectivity index (χ1v) is 9.40. The second-order valence-corrected chi connectivity index (χ2v) is 6.94. The van der Waals surface area contributed by atoms with Crippen LogP contribution in [0.1, 0.15) is 12.5 Å². The molecule has 0 aliphatic carbocycles. The summed E-state index contributed by atoms with van der Waals surface area (Å²) in [5.41, 5.74) is 1.10. The first-order valence-electron chi connectivity index (χ1n) is 8.41. The fourth-order valence-corrected chi connectivity index (χ4v) is 3.37. The van der Waals surface area contributed by atoms with Gasteiger partial charge < -0.3 is 10.6 Å². The zero-order chi connectivity index (χ0) is 19.6. The van der Waals surface area contributed by atoms with Crippen LogP contribution in [0, 0.1) is 10.1 Å². The van der Waals surface area contributed by atoms with Crippen molar-refractivity contribution in [3.63, 3.8) is 0 Å². The number of thioether (sulfide) groups is 1. The van der Waals surface area contributed by atoms with Gasteiger partial charge in [-0.15, -0.1) is 11.8 Å². The highest BCUT2D eigenvalue weighted by molar-refractivity contribution is 7.99. The normalized spacial score (nSPS) is 11.4. The summed E-state index contributed by atoms with van der Waals surface area (Å²) in [7, 11) is 0. The topological polar surface area (TPSA) is 101 Å². The zero-order valence-corrected chi connectivity index (χ0v) is 15.7. The fraction of sp³-hybridized carbons (Fsp3) is 0.263. The molecule has 0 saturated carbocycles. The number of non-ortho nitro benzene ring substituents is 1. The molecular weight excluding hydrogens is 366 g/mol. The molecule has 2 N–H and O–H groups in total. The molecule has 0 aromatic heterocycles. The van der Waals surface area contributed by atoms with Gasteiger partial charge in [0.2, 0.25) is 11.8 Å². The van der Waals surface area contributed by atoms with E-state index in [0.717, 1.165) is 5.56 Å². The largest absolute Gasteiger partial charge is 0.354 e. The molecule has 2 aromatic rings. The van der Waals surface area contributed by atoms with E-state index in [1.807, 2.05) is 30.3 Å². The van der Waals surface area contributed by atoms with Crippen LogP contribution >= 0.6 is 11.8 Å². The van der Waals surface area contributed by atoms with Crippen LogP contribution in [-0.2, 0) is 16.0 Å². The van der Waals surface area contributed by atoms with Crippen LogP contribution < -0.4 is 10.6 Å². The van der Waals surface area contributed by atoms with E-state index in [0.29, 0.717) is 17.9 Å². The molecule has 142 valence electrons. The molecule has 1 unspecified atom stereocenters. The lowest BCUT2D eigenvalue weighted by molar-refractivity contribution is -0.385.